The lowest BCUT2D eigenvalue weighted by molar-refractivity contribution is 0.102. The molecule has 0 saturated heterocycles. The molecule has 0 spiro atoms. The number of carbonyl (C=O) groups excluding carboxylic acids is 1. The van der Waals surface area contributed by atoms with Crippen LogP contribution >= 0.6 is 39.1 Å². The number of halogens is 3. The van der Waals surface area contributed by atoms with Gasteiger partial charge in [-0.05, 0) is 34.1 Å². The van der Waals surface area contributed by atoms with Crippen LogP contribution in [0, 0.1) is 0 Å². The maximum Gasteiger partial charge on any atom is 0.257 e. The SMILES string of the molecule is O=C(Nc1cccnc1Br)c1cnc(Cl)c(Cl)c1. The molecule has 0 radical (unpaired) electrons. The average Bonchev–Trinajstić information content (AvgIpc) is 2.35. The molecule has 0 fully saturated rings. The molecule has 2 heterocycles. The highest BCUT2D eigenvalue weighted by molar-refractivity contribution is 9.10. The molecule has 0 aliphatic heterocycles. The van der Waals surface area contributed by atoms with Crippen LogP contribution in [0.4, 0.5) is 5.69 Å². The summed E-state index contributed by atoms with van der Waals surface area (Å²) in [4.78, 5) is 19.7. The zero-order valence-electron chi connectivity index (χ0n) is 8.82. The Kier molecular flexibility index (Phi) is 4.16. The summed E-state index contributed by atoms with van der Waals surface area (Å²) < 4.78 is 0.548. The quantitative estimate of drug-likeness (QED) is 0.841. The van der Waals surface area contributed by atoms with Crippen LogP contribution < -0.4 is 5.32 Å². The molecule has 0 atom stereocenters. The van der Waals surface area contributed by atoms with Gasteiger partial charge in [-0.15, -0.1) is 0 Å². The summed E-state index contributed by atoms with van der Waals surface area (Å²) in [6, 6.07) is 4.89. The van der Waals surface area contributed by atoms with E-state index in [2.05, 4.69) is 31.2 Å². The first kappa shape index (κ1) is 13.3. The Hall–Kier alpha value is -1.17. The Morgan fingerprint density at radius 3 is 2.78 bits per heavy atom. The van der Waals surface area contributed by atoms with Gasteiger partial charge >= 0.3 is 0 Å². The van der Waals surface area contributed by atoms with Crippen molar-refractivity contribution in [1.29, 1.82) is 0 Å². The Morgan fingerprint density at radius 2 is 2.11 bits per heavy atom. The van der Waals surface area contributed by atoms with Crippen LogP contribution in [0.25, 0.3) is 0 Å². The zero-order chi connectivity index (χ0) is 13.1. The Balaban J connectivity index is 2.22. The van der Waals surface area contributed by atoms with Gasteiger partial charge < -0.3 is 5.32 Å². The highest BCUT2D eigenvalue weighted by Gasteiger charge is 2.11. The van der Waals surface area contributed by atoms with Crippen molar-refractivity contribution in [1.82, 2.24) is 9.97 Å². The fourth-order valence-electron chi connectivity index (χ4n) is 1.22. The van der Waals surface area contributed by atoms with Crippen molar-refractivity contribution in [2.75, 3.05) is 5.32 Å². The van der Waals surface area contributed by atoms with Crippen molar-refractivity contribution < 1.29 is 4.79 Å². The lowest BCUT2D eigenvalue weighted by Gasteiger charge is -2.06. The van der Waals surface area contributed by atoms with Crippen LogP contribution in [0.15, 0.2) is 35.2 Å². The number of nitrogens with one attached hydrogen (secondary N) is 1. The lowest BCUT2D eigenvalue weighted by atomic mass is 10.2. The highest BCUT2D eigenvalue weighted by atomic mass is 79.9. The van der Waals surface area contributed by atoms with Gasteiger partial charge in [0, 0.05) is 12.4 Å². The van der Waals surface area contributed by atoms with E-state index in [1.165, 1.54) is 12.3 Å². The standard InChI is InChI=1S/C11H6BrCl2N3O/c12-9-8(2-1-3-15-9)17-11(18)6-4-7(13)10(14)16-5-6/h1-5H,(H,17,18). The maximum absolute atomic E-state index is 11.9. The molecule has 2 rings (SSSR count). The number of pyridine rings is 2. The summed E-state index contributed by atoms with van der Waals surface area (Å²) in [6.07, 6.45) is 2.97. The predicted molar refractivity (Wildman–Crippen MR) is 74.1 cm³/mol. The Labute approximate surface area is 121 Å². The number of hydrogen-bond donors (Lipinski definition) is 1. The summed E-state index contributed by atoms with van der Waals surface area (Å²) >= 11 is 14.7. The van der Waals surface area contributed by atoms with E-state index in [1.807, 2.05) is 0 Å². The smallest absolute Gasteiger partial charge is 0.257 e. The van der Waals surface area contributed by atoms with Crippen LogP contribution in [0.3, 0.4) is 0 Å². The van der Waals surface area contributed by atoms with Crippen molar-refractivity contribution in [2.24, 2.45) is 0 Å². The van der Waals surface area contributed by atoms with Crippen molar-refractivity contribution in [3.05, 3.63) is 50.9 Å². The molecular weight excluding hydrogens is 341 g/mol. The van der Waals surface area contributed by atoms with Crippen molar-refractivity contribution in [2.45, 2.75) is 0 Å². The topological polar surface area (TPSA) is 54.9 Å². The average molecular weight is 347 g/mol. The number of nitrogens with zero attached hydrogens (tertiary/aromatic N) is 2. The molecule has 0 unspecified atom stereocenters. The van der Waals surface area contributed by atoms with E-state index >= 15 is 0 Å². The predicted octanol–water partition coefficient (Wildman–Crippen LogP) is 3.80. The number of carbonyl (C=O) groups is 1. The lowest BCUT2D eigenvalue weighted by Crippen LogP contribution is -2.12. The van der Waals surface area contributed by atoms with E-state index in [0.717, 1.165) is 0 Å². The van der Waals surface area contributed by atoms with Gasteiger partial charge in [-0.2, -0.15) is 0 Å². The van der Waals surface area contributed by atoms with Crippen molar-refractivity contribution in [3.63, 3.8) is 0 Å². The van der Waals surface area contributed by atoms with Gasteiger partial charge in [0.2, 0.25) is 0 Å². The first-order valence-corrected chi connectivity index (χ1v) is 6.35. The summed E-state index contributed by atoms with van der Waals surface area (Å²) in [6.45, 7) is 0. The molecule has 0 aromatic carbocycles. The van der Waals surface area contributed by atoms with E-state index in [0.29, 0.717) is 15.9 Å². The van der Waals surface area contributed by atoms with Gasteiger partial charge in [-0.25, -0.2) is 9.97 Å². The molecule has 7 heteroatoms. The van der Waals surface area contributed by atoms with E-state index in [-0.39, 0.29) is 16.1 Å². The second kappa shape index (κ2) is 5.65. The summed E-state index contributed by atoms with van der Waals surface area (Å²) in [7, 11) is 0. The van der Waals surface area contributed by atoms with Crippen LogP contribution in [-0.2, 0) is 0 Å². The minimum Gasteiger partial charge on any atom is -0.320 e. The molecule has 0 saturated carbocycles. The third kappa shape index (κ3) is 2.98. The van der Waals surface area contributed by atoms with Crippen molar-refractivity contribution >= 4 is 50.7 Å². The largest absolute Gasteiger partial charge is 0.320 e. The van der Waals surface area contributed by atoms with Crippen LogP contribution in [0.1, 0.15) is 10.4 Å². The fraction of sp³-hybridized carbons (Fsp3) is 0. The monoisotopic (exact) mass is 345 g/mol. The third-order valence-corrected chi connectivity index (χ3v) is 3.38. The second-order valence-electron chi connectivity index (χ2n) is 3.29. The van der Waals surface area contributed by atoms with E-state index < -0.39 is 0 Å². The summed E-state index contributed by atoms with van der Waals surface area (Å²) in [5.74, 6) is -0.338. The molecule has 18 heavy (non-hydrogen) atoms. The van der Waals surface area contributed by atoms with Crippen LogP contribution in [-0.4, -0.2) is 15.9 Å². The van der Waals surface area contributed by atoms with E-state index in [1.54, 1.807) is 18.3 Å². The molecule has 0 bridgehead atoms. The van der Waals surface area contributed by atoms with Crippen LogP contribution in [0.5, 0.6) is 0 Å². The van der Waals surface area contributed by atoms with Gasteiger partial charge in [0.05, 0.1) is 16.3 Å². The van der Waals surface area contributed by atoms with Gasteiger partial charge in [0.25, 0.3) is 5.91 Å². The Bertz CT molecular complexity index is 607. The molecular formula is C11H6BrCl2N3O. The number of rotatable bonds is 2. The minimum absolute atomic E-state index is 0.163. The Morgan fingerprint density at radius 1 is 1.33 bits per heavy atom. The summed E-state index contributed by atoms with van der Waals surface area (Å²) in [5, 5.41) is 3.08. The van der Waals surface area contributed by atoms with E-state index in [9.17, 15) is 4.79 Å². The zero-order valence-corrected chi connectivity index (χ0v) is 11.9. The van der Waals surface area contributed by atoms with Gasteiger partial charge in [-0.3, -0.25) is 4.79 Å². The first-order valence-electron chi connectivity index (χ1n) is 4.81. The minimum atomic E-state index is -0.338. The normalized spacial score (nSPS) is 10.2. The number of anilines is 1. The molecule has 1 amide bonds. The molecule has 0 aliphatic rings. The third-order valence-electron chi connectivity index (χ3n) is 2.07. The maximum atomic E-state index is 11.9. The van der Waals surface area contributed by atoms with Gasteiger partial charge in [0.1, 0.15) is 9.76 Å². The molecule has 4 nitrogen and oxygen atoms in total. The molecule has 92 valence electrons. The second-order valence-corrected chi connectivity index (χ2v) is 4.81. The molecule has 2 aromatic rings. The molecule has 0 aliphatic carbocycles. The fourth-order valence-corrected chi connectivity index (χ4v) is 1.84. The van der Waals surface area contributed by atoms with Crippen LogP contribution in [0.2, 0.25) is 10.2 Å². The van der Waals surface area contributed by atoms with Gasteiger partial charge in [0.15, 0.2) is 0 Å². The molecule has 1 N–H and O–H groups in total. The highest BCUT2D eigenvalue weighted by Crippen LogP contribution is 2.22. The summed E-state index contributed by atoms with van der Waals surface area (Å²) in [5.41, 5.74) is 0.883. The first-order chi connectivity index (χ1) is 8.58. The van der Waals surface area contributed by atoms with E-state index in [4.69, 9.17) is 23.2 Å². The molecule has 2 aromatic heterocycles. The van der Waals surface area contributed by atoms with Crippen molar-refractivity contribution in [3.8, 4) is 0 Å². The van der Waals surface area contributed by atoms with Gasteiger partial charge in [-0.1, -0.05) is 23.2 Å². The number of amides is 1. The number of hydrogen-bond acceptors (Lipinski definition) is 3. The number of aromatic nitrogens is 2.